The highest BCUT2D eigenvalue weighted by atomic mass is 16.5. The lowest BCUT2D eigenvalue weighted by atomic mass is 10.1. The average Bonchev–Trinajstić information content (AvgIpc) is 2.69. The number of hydrogen-bond donors (Lipinski definition) is 1. The van der Waals surface area contributed by atoms with E-state index in [2.05, 4.69) is 10.3 Å². The largest absolute Gasteiger partial charge is 0.490 e. The van der Waals surface area contributed by atoms with Crippen molar-refractivity contribution < 1.29 is 9.84 Å². The Morgan fingerprint density at radius 3 is 2.58 bits per heavy atom. The Kier molecular flexibility index (Phi) is 4.33. The van der Waals surface area contributed by atoms with Crippen molar-refractivity contribution in [3.05, 3.63) is 77.1 Å². The van der Waals surface area contributed by atoms with Crippen molar-refractivity contribution in [1.82, 2.24) is 15.0 Å². The van der Waals surface area contributed by atoms with E-state index in [4.69, 9.17) is 4.74 Å². The van der Waals surface area contributed by atoms with Crippen molar-refractivity contribution in [2.45, 2.75) is 12.6 Å². The molecule has 6 heteroatoms. The molecule has 4 rings (SSSR count). The molecule has 0 radical (unpaired) electrons. The maximum absolute atomic E-state index is 12.4. The Hall–Kier alpha value is -3.25. The lowest BCUT2D eigenvalue weighted by Gasteiger charge is -2.14. The van der Waals surface area contributed by atoms with Gasteiger partial charge in [-0.25, -0.2) is 4.68 Å². The fourth-order valence-corrected chi connectivity index (χ4v) is 2.90. The average molecular weight is 347 g/mol. The topological polar surface area (TPSA) is 77.2 Å². The van der Waals surface area contributed by atoms with Crippen LogP contribution in [0, 0.1) is 0 Å². The van der Waals surface area contributed by atoms with E-state index in [0.29, 0.717) is 16.7 Å². The zero-order valence-electron chi connectivity index (χ0n) is 13.9. The van der Waals surface area contributed by atoms with Gasteiger partial charge in [0.25, 0.3) is 5.56 Å². The number of aromatic nitrogens is 3. The molecule has 0 fully saturated rings. The summed E-state index contributed by atoms with van der Waals surface area (Å²) < 4.78 is 6.93. The molecule has 1 aromatic heterocycles. The van der Waals surface area contributed by atoms with Gasteiger partial charge in [0.1, 0.15) is 24.0 Å². The summed E-state index contributed by atoms with van der Waals surface area (Å²) >= 11 is 0. The molecular formula is C20H17N3O3. The lowest BCUT2D eigenvalue weighted by Crippen LogP contribution is -2.32. The molecule has 0 aliphatic carbocycles. The van der Waals surface area contributed by atoms with Crippen LogP contribution in [0.5, 0.6) is 5.75 Å². The van der Waals surface area contributed by atoms with Gasteiger partial charge in [-0.1, -0.05) is 53.7 Å². The van der Waals surface area contributed by atoms with Crippen LogP contribution in [0.2, 0.25) is 0 Å². The van der Waals surface area contributed by atoms with Crippen LogP contribution in [-0.2, 0) is 6.54 Å². The smallest absolute Gasteiger partial charge is 0.277 e. The van der Waals surface area contributed by atoms with Gasteiger partial charge < -0.3 is 9.84 Å². The van der Waals surface area contributed by atoms with Crippen LogP contribution in [0.4, 0.5) is 0 Å². The molecule has 1 atom stereocenters. The zero-order chi connectivity index (χ0) is 17.9. The summed E-state index contributed by atoms with van der Waals surface area (Å²) in [5.74, 6) is 0.694. The standard InChI is InChI=1S/C20H17N3O3/c24-15(12-23-20(25)17-9-3-4-10-18(17)21-22-23)13-26-19-11-5-7-14-6-1-2-8-16(14)19/h1-11,15,24H,12-13H2. The summed E-state index contributed by atoms with van der Waals surface area (Å²) in [6, 6.07) is 20.6. The van der Waals surface area contributed by atoms with E-state index in [1.807, 2.05) is 42.5 Å². The van der Waals surface area contributed by atoms with Crippen LogP contribution >= 0.6 is 0 Å². The third kappa shape index (κ3) is 3.14. The second-order valence-corrected chi connectivity index (χ2v) is 6.04. The summed E-state index contributed by atoms with van der Waals surface area (Å²) in [7, 11) is 0. The van der Waals surface area contributed by atoms with Crippen LogP contribution in [0.15, 0.2) is 71.5 Å². The molecule has 0 bridgehead atoms. The number of benzene rings is 3. The van der Waals surface area contributed by atoms with Gasteiger partial charge in [0.15, 0.2) is 0 Å². The van der Waals surface area contributed by atoms with E-state index in [0.717, 1.165) is 10.8 Å². The van der Waals surface area contributed by atoms with Crippen LogP contribution < -0.4 is 10.3 Å². The third-order valence-corrected chi connectivity index (χ3v) is 4.19. The second kappa shape index (κ2) is 6.93. The zero-order valence-corrected chi connectivity index (χ0v) is 13.9. The predicted molar refractivity (Wildman–Crippen MR) is 99.2 cm³/mol. The summed E-state index contributed by atoms with van der Waals surface area (Å²) in [6.45, 7) is 0.0659. The van der Waals surface area contributed by atoms with Crippen LogP contribution in [-0.4, -0.2) is 32.8 Å². The van der Waals surface area contributed by atoms with Crippen molar-refractivity contribution in [2.24, 2.45) is 0 Å². The molecule has 1 unspecified atom stereocenters. The molecule has 4 aromatic rings. The SMILES string of the molecule is O=c1c2ccccc2nnn1CC(O)COc1cccc2ccccc12. The Balaban J connectivity index is 1.50. The van der Waals surface area contributed by atoms with Gasteiger partial charge in [0.05, 0.1) is 11.9 Å². The van der Waals surface area contributed by atoms with E-state index in [9.17, 15) is 9.90 Å². The minimum Gasteiger partial charge on any atom is -0.490 e. The molecule has 1 N–H and O–H groups in total. The summed E-state index contributed by atoms with van der Waals surface area (Å²) in [5.41, 5.74) is 0.259. The monoisotopic (exact) mass is 347 g/mol. The maximum Gasteiger partial charge on any atom is 0.277 e. The molecular weight excluding hydrogens is 330 g/mol. The Labute approximate surface area is 149 Å². The van der Waals surface area contributed by atoms with E-state index < -0.39 is 6.10 Å². The molecule has 0 spiro atoms. The predicted octanol–water partition coefficient (Wildman–Crippen LogP) is 2.38. The first-order chi connectivity index (χ1) is 12.7. The van der Waals surface area contributed by atoms with Gasteiger partial charge in [-0.3, -0.25) is 4.79 Å². The Morgan fingerprint density at radius 2 is 1.69 bits per heavy atom. The fourth-order valence-electron chi connectivity index (χ4n) is 2.90. The molecule has 0 amide bonds. The number of nitrogens with zero attached hydrogens (tertiary/aromatic N) is 3. The molecule has 0 aliphatic heterocycles. The summed E-state index contributed by atoms with van der Waals surface area (Å²) in [5, 5.41) is 20.7. The van der Waals surface area contributed by atoms with Crippen molar-refractivity contribution in [3.63, 3.8) is 0 Å². The number of ether oxygens (including phenoxy) is 1. The van der Waals surface area contributed by atoms with Crippen molar-refractivity contribution in [3.8, 4) is 5.75 Å². The van der Waals surface area contributed by atoms with Gasteiger partial charge in [0.2, 0.25) is 0 Å². The van der Waals surface area contributed by atoms with Gasteiger partial charge in [-0.15, -0.1) is 5.10 Å². The molecule has 0 saturated carbocycles. The molecule has 6 nitrogen and oxygen atoms in total. The summed E-state index contributed by atoms with van der Waals surface area (Å²) in [6.07, 6.45) is -0.887. The fraction of sp³-hybridized carbons (Fsp3) is 0.150. The van der Waals surface area contributed by atoms with Gasteiger partial charge in [-0.2, -0.15) is 0 Å². The number of aliphatic hydroxyl groups excluding tert-OH is 1. The molecule has 1 heterocycles. The van der Waals surface area contributed by atoms with E-state index in [1.165, 1.54) is 4.68 Å². The molecule has 0 aliphatic rings. The lowest BCUT2D eigenvalue weighted by molar-refractivity contribution is 0.0880. The van der Waals surface area contributed by atoms with Crippen LogP contribution in [0.25, 0.3) is 21.7 Å². The normalized spacial score (nSPS) is 12.3. The van der Waals surface area contributed by atoms with Crippen LogP contribution in [0.3, 0.4) is 0 Å². The molecule has 0 saturated heterocycles. The van der Waals surface area contributed by atoms with Crippen molar-refractivity contribution in [2.75, 3.05) is 6.61 Å². The van der Waals surface area contributed by atoms with Gasteiger partial charge in [0, 0.05) is 5.39 Å². The first kappa shape index (κ1) is 16.2. The van der Waals surface area contributed by atoms with Gasteiger partial charge in [-0.05, 0) is 23.6 Å². The maximum atomic E-state index is 12.4. The van der Waals surface area contributed by atoms with Gasteiger partial charge >= 0.3 is 0 Å². The molecule has 130 valence electrons. The van der Waals surface area contributed by atoms with E-state index in [1.54, 1.807) is 24.3 Å². The van der Waals surface area contributed by atoms with Crippen molar-refractivity contribution >= 4 is 21.7 Å². The number of fused-ring (bicyclic) bond motifs is 2. The molecule has 3 aromatic carbocycles. The minimum atomic E-state index is -0.887. The highest BCUT2D eigenvalue weighted by molar-refractivity contribution is 5.88. The van der Waals surface area contributed by atoms with Crippen LogP contribution in [0.1, 0.15) is 0 Å². The minimum absolute atomic E-state index is 0.0153. The van der Waals surface area contributed by atoms with Crippen molar-refractivity contribution in [1.29, 1.82) is 0 Å². The third-order valence-electron chi connectivity index (χ3n) is 4.19. The molecule has 26 heavy (non-hydrogen) atoms. The highest BCUT2D eigenvalue weighted by Crippen LogP contribution is 2.25. The number of hydrogen-bond acceptors (Lipinski definition) is 5. The number of rotatable bonds is 5. The van der Waals surface area contributed by atoms with E-state index in [-0.39, 0.29) is 18.7 Å². The van der Waals surface area contributed by atoms with E-state index >= 15 is 0 Å². The Bertz CT molecular complexity index is 1120. The Morgan fingerprint density at radius 1 is 0.962 bits per heavy atom. The summed E-state index contributed by atoms with van der Waals surface area (Å²) in [4.78, 5) is 12.4. The quantitative estimate of drug-likeness (QED) is 0.600. The first-order valence-corrected chi connectivity index (χ1v) is 8.33. The first-order valence-electron chi connectivity index (χ1n) is 8.33. The highest BCUT2D eigenvalue weighted by Gasteiger charge is 2.12. The number of aliphatic hydroxyl groups is 1. The second-order valence-electron chi connectivity index (χ2n) is 6.04.